The summed E-state index contributed by atoms with van der Waals surface area (Å²) in [5.41, 5.74) is 2.71. The van der Waals surface area contributed by atoms with Gasteiger partial charge in [0.2, 0.25) is 0 Å². The quantitative estimate of drug-likeness (QED) is 0.540. The molecule has 0 unspecified atom stereocenters. The van der Waals surface area contributed by atoms with Crippen LogP contribution in [0.4, 0.5) is 0 Å². The molecule has 0 amide bonds. The van der Waals surface area contributed by atoms with Gasteiger partial charge in [-0.15, -0.1) is 0 Å². The number of hydrogen-bond donors (Lipinski definition) is 0. The van der Waals surface area contributed by atoms with Crippen molar-refractivity contribution >= 4 is 11.8 Å². The van der Waals surface area contributed by atoms with Gasteiger partial charge in [0, 0.05) is 11.1 Å². The highest BCUT2D eigenvalue weighted by Gasteiger charge is 2.31. The molecule has 0 saturated carbocycles. The normalized spacial score (nSPS) is 10.6. The number of carbonyl (C=O) groups excluding carboxylic acids is 2. The standard InChI is InChI=1S/C18H14O4/c1-11(19)15-12-7-4-3-5-8-13(12)16(18(20)21-2)17(15)14-9-6-10-22-14/h3-10H,1-2H3. The van der Waals surface area contributed by atoms with Crippen molar-refractivity contribution in [2.75, 3.05) is 7.11 Å². The summed E-state index contributed by atoms with van der Waals surface area (Å²) in [4.78, 5) is 24.5. The summed E-state index contributed by atoms with van der Waals surface area (Å²) < 4.78 is 10.4. The second-order valence-corrected chi connectivity index (χ2v) is 4.89. The van der Waals surface area contributed by atoms with E-state index in [1.54, 1.807) is 18.2 Å². The average molecular weight is 294 g/mol. The molecule has 22 heavy (non-hydrogen) atoms. The molecular weight excluding hydrogens is 280 g/mol. The Labute approximate surface area is 127 Å². The van der Waals surface area contributed by atoms with E-state index in [0.29, 0.717) is 33.6 Å². The molecule has 0 aliphatic heterocycles. The van der Waals surface area contributed by atoms with Crippen molar-refractivity contribution in [3.63, 3.8) is 0 Å². The summed E-state index contributed by atoms with van der Waals surface area (Å²) in [5, 5.41) is 0. The van der Waals surface area contributed by atoms with Gasteiger partial charge < -0.3 is 9.15 Å². The lowest BCUT2D eigenvalue weighted by Gasteiger charge is -2.03. The predicted molar refractivity (Wildman–Crippen MR) is 82.1 cm³/mol. The van der Waals surface area contributed by atoms with Gasteiger partial charge in [0.15, 0.2) is 5.78 Å². The molecule has 0 saturated heterocycles. The molecule has 0 atom stereocenters. The molecule has 0 N–H and O–H groups in total. The first-order valence-electron chi connectivity index (χ1n) is 6.83. The zero-order chi connectivity index (χ0) is 15.7. The number of esters is 1. The summed E-state index contributed by atoms with van der Waals surface area (Å²) >= 11 is 0. The fourth-order valence-electron chi connectivity index (χ4n) is 2.72. The first kappa shape index (κ1) is 14.1. The topological polar surface area (TPSA) is 56.5 Å². The molecule has 0 bridgehead atoms. The maximum atomic E-state index is 12.3. The SMILES string of the molecule is COC(=O)c1c2cccccc-2c(C(C)=O)c1-c1ccco1. The molecule has 0 aromatic carbocycles. The smallest absolute Gasteiger partial charge is 0.339 e. The van der Waals surface area contributed by atoms with Crippen molar-refractivity contribution < 1.29 is 18.7 Å². The van der Waals surface area contributed by atoms with E-state index >= 15 is 0 Å². The van der Waals surface area contributed by atoms with Gasteiger partial charge >= 0.3 is 5.97 Å². The van der Waals surface area contributed by atoms with E-state index in [9.17, 15) is 9.59 Å². The van der Waals surface area contributed by atoms with Crippen molar-refractivity contribution in [1.29, 1.82) is 0 Å². The van der Waals surface area contributed by atoms with E-state index in [-0.39, 0.29) is 5.78 Å². The van der Waals surface area contributed by atoms with Crippen LogP contribution in [-0.4, -0.2) is 18.9 Å². The number of ether oxygens (including phenoxy) is 1. The number of Topliss-reactive ketones (excluding diaryl/α,β-unsaturated/α-hetero) is 1. The summed E-state index contributed by atoms with van der Waals surface area (Å²) in [6.07, 6.45) is 1.51. The fourth-order valence-corrected chi connectivity index (χ4v) is 2.72. The summed E-state index contributed by atoms with van der Waals surface area (Å²) in [6, 6.07) is 12.6. The van der Waals surface area contributed by atoms with E-state index in [2.05, 4.69) is 0 Å². The molecule has 2 aliphatic carbocycles. The van der Waals surface area contributed by atoms with Crippen LogP contribution < -0.4 is 0 Å². The van der Waals surface area contributed by atoms with Crippen LogP contribution in [-0.2, 0) is 4.74 Å². The average Bonchev–Trinajstić information content (AvgIpc) is 3.06. The highest BCUT2D eigenvalue weighted by Crippen LogP contribution is 2.43. The maximum Gasteiger partial charge on any atom is 0.339 e. The van der Waals surface area contributed by atoms with Gasteiger partial charge in [-0.3, -0.25) is 4.79 Å². The van der Waals surface area contributed by atoms with Gasteiger partial charge in [0.1, 0.15) is 5.76 Å². The number of fused-ring (bicyclic) bond motifs is 1. The van der Waals surface area contributed by atoms with Crippen LogP contribution in [0.5, 0.6) is 0 Å². The minimum absolute atomic E-state index is 0.127. The van der Waals surface area contributed by atoms with Gasteiger partial charge in [-0.25, -0.2) is 4.79 Å². The lowest BCUT2D eigenvalue weighted by molar-refractivity contribution is 0.0602. The van der Waals surface area contributed by atoms with Gasteiger partial charge in [0.25, 0.3) is 0 Å². The zero-order valence-electron chi connectivity index (χ0n) is 12.3. The van der Waals surface area contributed by atoms with Crippen molar-refractivity contribution in [2.45, 2.75) is 6.92 Å². The molecule has 1 heterocycles. The molecule has 2 aliphatic rings. The van der Waals surface area contributed by atoms with Crippen LogP contribution in [0.1, 0.15) is 27.6 Å². The minimum Gasteiger partial charge on any atom is -0.465 e. The van der Waals surface area contributed by atoms with Gasteiger partial charge in [0.05, 0.1) is 18.9 Å². The van der Waals surface area contributed by atoms with Crippen molar-refractivity contribution in [3.8, 4) is 22.5 Å². The maximum absolute atomic E-state index is 12.3. The van der Waals surface area contributed by atoms with Crippen LogP contribution in [0.3, 0.4) is 0 Å². The van der Waals surface area contributed by atoms with Crippen LogP contribution in [0.2, 0.25) is 0 Å². The van der Waals surface area contributed by atoms with Gasteiger partial charge in [-0.1, -0.05) is 30.3 Å². The molecule has 4 heteroatoms. The Balaban J connectivity index is 2.48. The van der Waals surface area contributed by atoms with Crippen molar-refractivity contribution in [3.05, 3.63) is 59.9 Å². The number of carbonyl (C=O) groups is 2. The Morgan fingerprint density at radius 3 is 2.18 bits per heavy atom. The van der Waals surface area contributed by atoms with Gasteiger partial charge in [-0.2, -0.15) is 0 Å². The molecular formula is C18H14O4. The molecule has 0 spiro atoms. The molecule has 1 aromatic heterocycles. The Bertz CT molecular complexity index is 815. The number of rotatable bonds is 3. The van der Waals surface area contributed by atoms with Crippen LogP contribution >= 0.6 is 0 Å². The highest BCUT2D eigenvalue weighted by molar-refractivity contribution is 6.17. The van der Waals surface area contributed by atoms with E-state index in [1.807, 2.05) is 24.3 Å². The summed E-state index contributed by atoms with van der Waals surface area (Å²) in [5.74, 6) is -0.141. The lowest BCUT2D eigenvalue weighted by Crippen LogP contribution is -2.03. The zero-order valence-corrected chi connectivity index (χ0v) is 12.3. The minimum atomic E-state index is -0.491. The second kappa shape index (κ2) is 5.48. The van der Waals surface area contributed by atoms with Gasteiger partial charge in [-0.05, 0) is 30.2 Å². The summed E-state index contributed by atoms with van der Waals surface area (Å²) in [7, 11) is 1.32. The van der Waals surface area contributed by atoms with Crippen molar-refractivity contribution in [1.82, 2.24) is 0 Å². The van der Waals surface area contributed by atoms with E-state index < -0.39 is 5.97 Å². The second-order valence-electron chi connectivity index (χ2n) is 4.89. The van der Waals surface area contributed by atoms with Crippen LogP contribution in [0, 0.1) is 0 Å². The number of ketones is 1. The largest absolute Gasteiger partial charge is 0.465 e. The predicted octanol–water partition coefficient (Wildman–Crippen LogP) is 4.04. The molecule has 0 fully saturated rings. The Morgan fingerprint density at radius 2 is 1.64 bits per heavy atom. The van der Waals surface area contributed by atoms with Crippen molar-refractivity contribution in [2.24, 2.45) is 0 Å². The fraction of sp³-hybridized carbons (Fsp3) is 0.111. The summed E-state index contributed by atoms with van der Waals surface area (Å²) in [6.45, 7) is 1.48. The number of hydrogen-bond acceptors (Lipinski definition) is 4. The third-order valence-electron chi connectivity index (χ3n) is 3.59. The lowest BCUT2D eigenvalue weighted by atomic mass is 10.0. The van der Waals surface area contributed by atoms with Crippen LogP contribution in [0.25, 0.3) is 22.5 Å². The van der Waals surface area contributed by atoms with E-state index in [0.717, 1.165) is 0 Å². The molecule has 1 aromatic rings. The highest BCUT2D eigenvalue weighted by atomic mass is 16.5. The Hall–Kier alpha value is -2.88. The molecule has 3 rings (SSSR count). The molecule has 4 nitrogen and oxygen atoms in total. The van der Waals surface area contributed by atoms with Crippen LogP contribution in [0.15, 0.2) is 53.1 Å². The number of furan rings is 1. The monoisotopic (exact) mass is 294 g/mol. The molecule has 110 valence electrons. The molecule has 0 radical (unpaired) electrons. The van der Waals surface area contributed by atoms with E-state index in [1.165, 1.54) is 20.3 Å². The number of methoxy groups -OCH3 is 1. The first-order chi connectivity index (χ1) is 10.6. The Kier molecular flexibility index (Phi) is 3.51. The third-order valence-corrected chi connectivity index (χ3v) is 3.59. The third kappa shape index (κ3) is 2.09. The Morgan fingerprint density at radius 1 is 0.955 bits per heavy atom. The first-order valence-corrected chi connectivity index (χ1v) is 6.83. The van der Waals surface area contributed by atoms with E-state index in [4.69, 9.17) is 9.15 Å².